The van der Waals surface area contributed by atoms with Gasteiger partial charge < -0.3 is 19.2 Å². The first-order valence-electron chi connectivity index (χ1n) is 10.7. The standard InChI is InChI=1S/C24H29NO5/c1-14(12-21(26)25-10-8-16(9-11-25)24(27)28)18-13-19-17-6-4-5-7-20(17)30-23(19)15(2)22(18)29-3/h12-13,16H,4-11H2,1-3H3,(H,27,28)/b14-12+. The average molecular weight is 411 g/mol. The fourth-order valence-electron chi connectivity index (χ4n) is 4.79. The second-order valence-corrected chi connectivity index (χ2v) is 8.44. The van der Waals surface area contributed by atoms with Gasteiger partial charge >= 0.3 is 5.97 Å². The lowest BCUT2D eigenvalue weighted by atomic mass is 9.92. The van der Waals surface area contributed by atoms with Gasteiger partial charge in [-0.25, -0.2) is 0 Å². The van der Waals surface area contributed by atoms with Gasteiger partial charge in [0.1, 0.15) is 17.1 Å². The zero-order chi connectivity index (χ0) is 21.4. The molecule has 30 heavy (non-hydrogen) atoms. The molecule has 1 aromatic heterocycles. The van der Waals surface area contributed by atoms with Crippen molar-refractivity contribution in [3.05, 3.63) is 34.6 Å². The zero-order valence-electron chi connectivity index (χ0n) is 17.9. The summed E-state index contributed by atoms with van der Waals surface area (Å²) in [6, 6.07) is 2.10. The topological polar surface area (TPSA) is 80.0 Å². The van der Waals surface area contributed by atoms with Crippen molar-refractivity contribution in [2.45, 2.75) is 52.4 Å². The lowest BCUT2D eigenvalue weighted by Gasteiger charge is -2.29. The summed E-state index contributed by atoms with van der Waals surface area (Å²) in [5.74, 6) is 0.616. The number of aryl methyl sites for hydroxylation is 3. The molecule has 6 nitrogen and oxygen atoms in total. The Kier molecular flexibility index (Phi) is 5.58. The van der Waals surface area contributed by atoms with Crippen molar-refractivity contribution in [2.24, 2.45) is 5.92 Å². The van der Waals surface area contributed by atoms with Crippen LogP contribution in [0.2, 0.25) is 0 Å². The molecule has 2 aliphatic rings. The Bertz CT molecular complexity index is 1020. The molecule has 1 aliphatic carbocycles. The summed E-state index contributed by atoms with van der Waals surface area (Å²) in [6.45, 7) is 4.89. The van der Waals surface area contributed by atoms with Crippen LogP contribution in [0.5, 0.6) is 5.75 Å². The number of carbonyl (C=O) groups is 2. The van der Waals surface area contributed by atoms with Gasteiger partial charge in [0.15, 0.2) is 0 Å². The number of piperidine rings is 1. The second-order valence-electron chi connectivity index (χ2n) is 8.44. The quantitative estimate of drug-likeness (QED) is 0.757. The van der Waals surface area contributed by atoms with Crippen LogP contribution in [0, 0.1) is 12.8 Å². The monoisotopic (exact) mass is 411 g/mol. The van der Waals surface area contributed by atoms with Crippen LogP contribution in [0.15, 0.2) is 16.6 Å². The fourth-order valence-corrected chi connectivity index (χ4v) is 4.79. The van der Waals surface area contributed by atoms with E-state index in [1.165, 1.54) is 12.0 Å². The van der Waals surface area contributed by atoms with E-state index in [1.807, 2.05) is 13.8 Å². The fraction of sp³-hybridized carbons (Fsp3) is 0.500. The van der Waals surface area contributed by atoms with Crippen molar-refractivity contribution in [2.75, 3.05) is 20.2 Å². The Morgan fingerprint density at radius 3 is 2.60 bits per heavy atom. The van der Waals surface area contributed by atoms with E-state index < -0.39 is 5.97 Å². The minimum Gasteiger partial charge on any atom is -0.496 e. The lowest BCUT2D eigenvalue weighted by molar-refractivity contribution is -0.144. The molecule has 2 aromatic rings. The maximum Gasteiger partial charge on any atom is 0.306 e. The molecule has 2 heterocycles. The number of ether oxygens (including phenoxy) is 1. The predicted molar refractivity (Wildman–Crippen MR) is 115 cm³/mol. The predicted octanol–water partition coefficient (Wildman–Crippen LogP) is 4.36. The van der Waals surface area contributed by atoms with Crippen LogP contribution in [0.3, 0.4) is 0 Å². The molecule has 6 heteroatoms. The van der Waals surface area contributed by atoms with E-state index in [1.54, 1.807) is 18.1 Å². The van der Waals surface area contributed by atoms with Gasteiger partial charge in [-0.15, -0.1) is 0 Å². The highest BCUT2D eigenvalue weighted by Gasteiger charge is 2.27. The number of nitrogens with zero attached hydrogens (tertiary/aromatic N) is 1. The molecule has 4 rings (SSSR count). The number of rotatable bonds is 4. The van der Waals surface area contributed by atoms with Crippen LogP contribution < -0.4 is 4.74 Å². The van der Waals surface area contributed by atoms with Gasteiger partial charge in [-0.1, -0.05) is 0 Å². The molecule has 0 unspecified atom stereocenters. The molecule has 1 amide bonds. The van der Waals surface area contributed by atoms with E-state index in [4.69, 9.17) is 14.3 Å². The lowest BCUT2D eigenvalue weighted by Crippen LogP contribution is -2.39. The summed E-state index contributed by atoms with van der Waals surface area (Å²) in [6.07, 6.45) is 6.97. The first kappa shape index (κ1) is 20.5. The van der Waals surface area contributed by atoms with Gasteiger partial charge in [0.2, 0.25) is 5.91 Å². The van der Waals surface area contributed by atoms with Crippen LogP contribution in [-0.2, 0) is 22.4 Å². The molecular formula is C24H29NO5. The number of aliphatic carboxylic acids is 1. The van der Waals surface area contributed by atoms with Gasteiger partial charge in [0.05, 0.1) is 13.0 Å². The molecule has 0 bridgehead atoms. The van der Waals surface area contributed by atoms with E-state index in [0.29, 0.717) is 25.9 Å². The van der Waals surface area contributed by atoms with Gasteiger partial charge in [-0.05, 0) is 57.6 Å². The molecule has 0 atom stereocenters. The number of allylic oxidation sites excluding steroid dienone is 1. The molecule has 1 fully saturated rings. The van der Waals surface area contributed by atoms with Crippen molar-refractivity contribution < 1.29 is 23.8 Å². The Morgan fingerprint density at radius 1 is 1.23 bits per heavy atom. The number of likely N-dealkylation sites (tertiary alicyclic amines) is 1. The number of fused-ring (bicyclic) bond motifs is 3. The number of furan rings is 1. The van der Waals surface area contributed by atoms with Crippen molar-refractivity contribution in [3.8, 4) is 5.75 Å². The number of hydrogen-bond donors (Lipinski definition) is 1. The van der Waals surface area contributed by atoms with Crippen molar-refractivity contribution in [1.29, 1.82) is 0 Å². The Morgan fingerprint density at radius 2 is 1.93 bits per heavy atom. The summed E-state index contributed by atoms with van der Waals surface area (Å²) >= 11 is 0. The summed E-state index contributed by atoms with van der Waals surface area (Å²) in [5, 5.41) is 10.3. The minimum atomic E-state index is -0.772. The molecule has 1 aromatic carbocycles. The second kappa shape index (κ2) is 8.17. The van der Waals surface area contributed by atoms with Crippen molar-refractivity contribution in [3.63, 3.8) is 0 Å². The molecule has 1 N–H and O–H groups in total. The van der Waals surface area contributed by atoms with E-state index in [9.17, 15) is 9.59 Å². The molecule has 0 saturated carbocycles. The van der Waals surface area contributed by atoms with Gasteiger partial charge in [0, 0.05) is 47.7 Å². The first-order chi connectivity index (χ1) is 14.4. The molecule has 1 aliphatic heterocycles. The number of benzene rings is 1. The largest absolute Gasteiger partial charge is 0.496 e. The maximum atomic E-state index is 12.8. The van der Waals surface area contributed by atoms with Crippen LogP contribution >= 0.6 is 0 Å². The van der Waals surface area contributed by atoms with Gasteiger partial charge in [-0.3, -0.25) is 9.59 Å². The minimum absolute atomic E-state index is 0.0784. The van der Waals surface area contributed by atoms with Crippen molar-refractivity contribution in [1.82, 2.24) is 4.90 Å². The van der Waals surface area contributed by atoms with Crippen LogP contribution in [0.4, 0.5) is 0 Å². The van der Waals surface area contributed by atoms with Crippen LogP contribution in [0.25, 0.3) is 16.5 Å². The number of methoxy groups -OCH3 is 1. The SMILES string of the molecule is COc1c(/C(C)=C/C(=O)N2CCC(C(=O)O)CC2)cc2c3c(oc2c1C)CCCC3. The molecular weight excluding hydrogens is 382 g/mol. The summed E-state index contributed by atoms with van der Waals surface area (Å²) < 4.78 is 11.9. The Hall–Kier alpha value is -2.76. The number of carboxylic acid groups (broad SMARTS) is 1. The summed E-state index contributed by atoms with van der Waals surface area (Å²) in [5.41, 5.74) is 4.88. The number of hydrogen-bond acceptors (Lipinski definition) is 4. The van der Waals surface area contributed by atoms with E-state index in [-0.39, 0.29) is 11.8 Å². The normalized spacial score (nSPS) is 17.8. The van der Waals surface area contributed by atoms with E-state index in [2.05, 4.69) is 6.07 Å². The first-order valence-corrected chi connectivity index (χ1v) is 10.7. The third-order valence-corrected chi connectivity index (χ3v) is 6.55. The summed E-state index contributed by atoms with van der Waals surface area (Å²) in [4.78, 5) is 25.7. The van der Waals surface area contributed by atoms with Crippen molar-refractivity contribution >= 4 is 28.4 Å². The number of carboxylic acids is 1. The Balaban J connectivity index is 1.66. The third kappa shape index (κ3) is 3.59. The molecule has 160 valence electrons. The van der Waals surface area contributed by atoms with E-state index >= 15 is 0 Å². The molecule has 1 saturated heterocycles. The Labute approximate surface area is 176 Å². The van der Waals surface area contributed by atoms with E-state index in [0.717, 1.165) is 58.4 Å². The average Bonchev–Trinajstić information content (AvgIpc) is 3.12. The van der Waals surface area contributed by atoms with Gasteiger partial charge in [-0.2, -0.15) is 0 Å². The molecule has 0 radical (unpaired) electrons. The van der Waals surface area contributed by atoms with Crippen LogP contribution in [0.1, 0.15) is 55.1 Å². The van der Waals surface area contributed by atoms with Gasteiger partial charge in [0.25, 0.3) is 0 Å². The highest BCUT2D eigenvalue weighted by atomic mass is 16.5. The smallest absolute Gasteiger partial charge is 0.306 e. The van der Waals surface area contributed by atoms with Crippen LogP contribution in [-0.4, -0.2) is 42.1 Å². The third-order valence-electron chi connectivity index (χ3n) is 6.55. The highest BCUT2D eigenvalue weighted by molar-refractivity contribution is 5.98. The molecule has 0 spiro atoms. The maximum absolute atomic E-state index is 12.8. The summed E-state index contributed by atoms with van der Waals surface area (Å²) in [7, 11) is 1.65. The zero-order valence-corrected chi connectivity index (χ0v) is 17.9. The number of carbonyl (C=O) groups excluding carboxylic acids is 1. The number of amides is 1. The highest BCUT2D eigenvalue weighted by Crippen LogP contribution is 2.41.